The highest BCUT2D eigenvalue weighted by Crippen LogP contribution is 2.39. The van der Waals surface area contributed by atoms with Crippen LogP contribution < -0.4 is 4.90 Å². The molecule has 2 aromatic rings. The van der Waals surface area contributed by atoms with Crippen molar-refractivity contribution in [2.45, 2.75) is 35.6 Å². The number of aromatic nitrogens is 2. The van der Waals surface area contributed by atoms with Crippen molar-refractivity contribution in [2.24, 2.45) is 7.05 Å². The van der Waals surface area contributed by atoms with Crippen LogP contribution in [0.4, 0.5) is 5.69 Å². The molecule has 12 heteroatoms. The Hall–Kier alpha value is -2.28. The zero-order chi connectivity index (χ0) is 22.7. The van der Waals surface area contributed by atoms with Crippen LogP contribution in [0.1, 0.15) is 24.0 Å². The van der Waals surface area contributed by atoms with Crippen LogP contribution in [-0.4, -0.2) is 73.6 Å². The molecule has 1 aromatic heterocycles. The van der Waals surface area contributed by atoms with Crippen LogP contribution in [0.25, 0.3) is 0 Å². The summed E-state index contributed by atoms with van der Waals surface area (Å²) in [6, 6.07) is 3.37. The van der Waals surface area contributed by atoms with Crippen LogP contribution in [0.15, 0.2) is 34.6 Å². The summed E-state index contributed by atoms with van der Waals surface area (Å²) in [5.74, 6) is 0.0913. The Morgan fingerprint density at radius 2 is 1.50 bits per heavy atom. The number of carbonyl (C=O) groups is 1. The van der Waals surface area contributed by atoms with Crippen molar-refractivity contribution < 1.29 is 21.6 Å². The average Bonchev–Trinajstić information content (AvgIpc) is 3.30. The Morgan fingerprint density at radius 3 is 2.16 bits per heavy atom. The lowest BCUT2D eigenvalue weighted by Gasteiger charge is -2.27. The molecule has 5 rings (SSSR count). The number of imidazole rings is 1. The molecule has 3 aliphatic rings. The van der Waals surface area contributed by atoms with Crippen LogP contribution in [0.2, 0.25) is 0 Å². The fourth-order valence-corrected chi connectivity index (χ4v) is 7.74. The van der Waals surface area contributed by atoms with Gasteiger partial charge in [0.15, 0.2) is 5.03 Å². The molecule has 0 aliphatic carbocycles. The molecule has 4 heterocycles. The largest absolute Gasteiger partial charge is 0.339 e. The SMILES string of the molecule is Cn1cnc(S(=O)(=O)N2CCCN(S(=O)(=O)c3cc4c5c(c3)CCN5C(=O)CC4)CC2)c1. The first-order valence-electron chi connectivity index (χ1n) is 10.6. The molecule has 0 saturated carbocycles. The van der Waals surface area contributed by atoms with E-state index in [-0.39, 0.29) is 42.0 Å². The summed E-state index contributed by atoms with van der Waals surface area (Å²) < 4.78 is 57.0. The summed E-state index contributed by atoms with van der Waals surface area (Å²) >= 11 is 0. The van der Waals surface area contributed by atoms with Crippen LogP contribution in [-0.2, 0) is 44.7 Å². The molecule has 1 saturated heterocycles. The number of anilines is 1. The lowest BCUT2D eigenvalue weighted by molar-refractivity contribution is -0.118. The molecule has 0 bridgehead atoms. The molecular weight excluding hydrogens is 454 g/mol. The maximum atomic E-state index is 13.5. The van der Waals surface area contributed by atoms with Crippen molar-refractivity contribution >= 4 is 31.6 Å². The van der Waals surface area contributed by atoms with E-state index in [4.69, 9.17) is 0 Å². The zero-order valence-electron chi connectivity index (χ0n) is 17.8. The highest BCUT2D eigenvalue weighted by Gasteiger charge is 2.36. The molecular formula is C20H25N5O5S2. The van der Waals surface area contributed by atoms with Gasteiger partial charge in [0.1, 0.15) is 0 Å². The molecule has 0 N–H and O–H groups in total. The van der Waals surface area contributed by atoms with E-state index in [2.05, 4.69) is 4.98 Å². The molecule has 0 atom stereocenters. The number of aryl methyl sites for hydroxylation is 2. The molecule has 0 spiro atoms. The van der Waals surface area contributed by atoms with Gasteiger partial charge in [0.2, 0.25) is 15.9 Å². The van der Waals surface area contributed by atoms with E-state index in [1.165, 1.54) is 21.1 Å². The van der Waals surface area contributed by atoms with E-state index in [9.17, 15) is 21.6 Å². The van der Waals surface area contributed by atoms with E-state index in [1.54, 1.807) is 28.6 Å². The highest BCUT2D eigenvalue weighted by atomic mass is 32.2. The van der Waals surface area contributed by atoms with Gasteiger partial charge in [0, 0.05) is 52.4 Å². The number of rotatable bonds is 4. The molecule has 1 fully saturated rings. The normalized spacial score (nSPS) is 20.4. The summed E-state index contributed by atoms with van der Waals surface area (Å²) in [6.07, 6.45) is 4.84. The van der Waals surface area contributed by atoms with E-state index < -0.39 is 20.0 Å². The molecule has 10 nitrogen and oxygen atoms in total. The van der Waals surface area contributed by atoms with Gasteiger partial charge >= 0.3 is 0 Å². The van der Waals surface area contributed by atoms with Gasteiger partial charge in [0.05, 0.1) is 16.9 Å². The summed E-state index contributed by atoms with van der Waals surface area (Å²) in [5.41, 5.74) is 2.67. The van der Waals surface area contributed by atoms with Crippen molar-refractivity contribution in [2.75, 3.05) is 37.6 Å². The Balaban J connectivity index is 1.40. The first-order chi connectivity index (χ1) is 15.2. The van der Waals surface area contributed by atoms with Gasteiger partial charge in [-0.15, -0.1) is 0 Å². The Labute approximate surface area is 187 Å². The minimum absolute atomic E-state index is 0.0341. The molecule has 3 aliphatic heterocycles. The van der Waals surface area contributed by atoms with Gasteiger partial charge in [0.25, 0.3) is 10.0 Å². The van der Waals surface area contributed by atoms with Gasteiger partial charge in [-0.3, -0.25) is 4.79 Å². The van der Waals surface area contributed by atoms with Crippen LogP contribution in [0, 0.1) is 0 Å². The molecule has 1 amide bonds. The minimum Gasteiger partial charge on any atom is -0.339 e. The quantitative estimate of drug-likeness (QED) is 0.625. The molecule has 0 unspecified atom stereocenters. The maximum absolute atomic E-state index is 13.5. The Kier molecular flexibility index (Phi) is 5.15. The number of benzene rings is 1. The van der Waals surface area contributed by atoms with E-state index in [1.807, 2.05) is 0 Å². The van der Waals surface area contributed by atoms with Gasteiger partial charge in [-0.2, -0.15) is 8.61 Å². The van der Waals surface area contributed by atoms with Crippen LogP contribution >= 0.6 is 0 Å². The fraction of sp³-hybridized carbons (Fsp3) is 0.500. The van der Waals surface area contributed by atoms with Crippen LogP contribution in [0.3, 0.4) is 0 Å². The second kappa shape index (κ2) is 7.65. The fourth-order valence-electron chi connectivity index (χ4n) is 4.73. The highest BCUT2D eigenvalue weighted by molar-refractivity contribution is 7.89. The number of hydrogen-bond acceptors (Lipinski definition) is 6. The summed E-state index contributed by atoms with van der Waals surface area (Å²) in [4.78, 5) is 18.1. The molecule has 1 aromatic carbocycles. The van der Waals surface area contributed by atoms with Gasteiger partial charge < -0.3 is 9.47 Å². The smallest absolute Gasteiger partial charge is 0.262 e. The minimum atomic E-state index is -3.79. The number of amides is 1. The Morgan fingerprint density at radius 1 is 0.844 bits per heavy atom. The van der Waals surface area contributed by atoms with Crippen molar-refractivity contribution in [3.05, 3.63) is 35.8 Å². The predicted octanol–water partition coefficient (Wildman–Crippen LogP) is 0.341. The van der Waals surface area contributed by atoms with E-state index >= 15 is 0 Å². The monoisotopic (exact) mass is 479 g/mol. The van der Waals surface area contributed by atoms with Crippen molar-refractivity contribution in [3.63, 3.8) is 0 Å². The number of hydrogen-bond donors (Lipinski definition) is 0. The lowest BCUT2D eigenvalue weighted by atomic mass is 10.00. The summed E-state index contributed by atoms with van der Waals surface area (Å²) in [5, 5.41) is -0.0341. The maximum Gasteiger partial charge on any atom is 0.262 e. The van der Waals surface area contributed by atoms with Crippen molar-refractivity contribution in [1.82, 2.24) is 18.2 Å². The number of carbonyl (C=O) groups excluding carboxylic acids is 1. The first kappa shape index (κ1) is 21.6. The molecule has 172 valence electrons. The van der Waals surface area contributed by atoms with Crippen LogP contribution in [0.5, 0.6) is 0 Å². The van der Waals surface area contributed by atoms with Crippen molar-refractivity contribution in [3.8, 4) is 0 Å². The first-order valence-corrected chi connectivity index (χ1v) is 13.5. The van der Waals surface area contributed by atoms with Gasteiger partial charge in [-0.1, -0.05) is 0 Å². The van der Waals surface area contributed by atoms with Gasteiger partial charge in [-0.05, 0) is 42.5 Å². The predicted molar refractivity (Wildman–Crippen MR) is 116 cm³/mol. The molecule has 32 heavy (non-hydrogen) atoms. The summed E-state index contributed by atoms with van der Waals surface area (Å²) in [7, 11) is -5.87. The second-order valence-electron chi connectivity index (χ2n) is 8.42. The number of nitrogens with zero attached hydrogens (tertiary/aromatic N) is 5. The lowest BCUT2D eigenvalue weighted by Crippen LogP contribution is -2.37. The van der Waals surface area contributed by atoms with E-state index in [0.717, 1.165) is 16.8 Å². The average molecular weight is 480 g/mol. The zero-order valence-corrected chi connectivity index (χ0v) is 19.4. The topological polar surface area (TPSA) is 113 Å². The number of sulfonamides is 2. The Bertz CT molecular complexity index is 1300. The third kappa shape index (κ3) is 3.45. The summed E-state index contributed by atoms with van der Waals surface area (Å²) in [6.45, 7) is 1.21. The standard InChI is InChI=1S/C20H25N5O5S2/c1-22-13-18(21-14-22)32(29,30)24-7-2-6-23(9-10-24)31(27,28)17-11-15-3-4-19(26)25-8-5-16(12-17)20(15)25/h11-14H,2-10H2,1H3. The van der Waals surface area contributed by atoms with Gasteiger partial charge in [-0.25, -0.2) is 21.8 Å². The molecule has 0 radical (unpaired) electrons. The van der Waals surface area contributed by atoms with Crippen molar-refractivity contribution in [1.29, 1.82) is 0 Å². The third-order valence-electron chi connectivity index (χ3n) is 6.36. The third-order valence-corrected chi connectivity index (χ3v) is 10.0. The van der Waals surface area contributed by atoms with E-state index in [0.29, 0.717) is 32.2 Å². The second-order valence-corrected chi connectivity index (χ2v) is 12.2.